The van der Waals surface area contributed by atoms with Crippen molar-refractivity contribution in [2.24, 2.45) is 5.92 Å². The molecule has 1 aliphatic rings. The fourth-order valence-corrected chi connectivity index (χ4v) is 2.43. The summed E-state index contributed by atoms with van der Waals surface area (Å²) in [4.78, 5) is 25.5. The molecular formula is C14H17IN2O2. The molecule has 5 heteroatoms. The molecule has 2 rings (SSSR count). The Balaban J connectivity index is 1.92. The van der Waals surface area contributed by atoms with Gasteiger partial charge in [0.05, 0.1) is 0 Å². The fourth-order valence-electron chi connectivity index (χ4n) is 2.07. The van der Waals surface area contributed by atoms with Gasteiger partial charge in [-0.1, -0.05) is 6.92 Å². The van der Waals surface area contributed by atoms with Crippen molar-refractivity contribution in [2.75, 3.05) is 18.4 Å². The number of benzene rings is 1. The summed E-state index contributed by atoms with van der Waals surface area (Å²) in [6.07, 6.45) is 1.95. The maximum Gasteiger partial charge on any atom is 0.313 e. The molecule has 0 aromatic heterocycles. The minimum atomic E-state index is -0.546. The smallest absolute Gasteiger partial charge is 0.313 e. The normalized spacial score (nSPS) is 16.2. The second-order valence-corrected chi connectivity index (χ2v) is 6.18. The molecule has 0 radical (unpaired) electrons. The Morgan fingerprint density at radius 1 is 1.21 bits per heavy atom. The van der Waals surface area contributed by atoms with E-state index in [9.17, 15) is 9.59 Å². The van der Waals surface area contributed by atoms with Gasteiger partial charge in [-0.15, -0.1) is 0 Å². The third-order valence-electron chi connectivity index (χ3n) is 3.37. The van der Waals surface area contributed by atoms with Crippen molar-refractivity contribution in [3.8, 4) is 0 Å². The van der Waals surface area contributed by atoms with E-state index in [1.807, 2.05) is 12.1 Å². The SMILES string of the molecule is CC1CCN(C(=O)C(=O)Nc2ccc(I)cc2)CC1. The maximum atomic E-state index is 12.0. The second-order valence-electron chi connectivity index (χ2n) is 4.94. The highest BCUT2D eigenvalue weighted by atomic mass is 127. The zero-order valence-electron chi connectivity index (χ0n) is 10.9. The van der Waals surface area contributed by atoms with Crippen LogP contribution in [-0.4, -0.2) is 29.8 Å². The van der Waals surface area contributed by atoms with Gasteiger partial charge < -0.3 is 10.2 Å². The number of anilines is 1. The van der Waals surface area contributed by atoms with Gasteiger partial charge in [0, 0.05) is 22.3 Å². The van der Waals surface area contributed by atoms with Crippen molar-refractivity contribution in [2.45, 2.75) is 19.8 Å². The van der Waals surface area contributed by atoms with Gasteiger partial charge in [-0.05, 0) is 65.6 Å². The van der Waals surface area contributed by atoms with Crippen LogP contribution in [0.2, 0.25) is 0 Å². The molecular weight excluding hydrogens is 355 g/mol. The summed E-state index contributed by atoms with van der Waals surface area (Å²) in [5.74, 6) is -0.329. The lowest BCUT2D eigenvalue weighted by Gasteiger charge is -2.29. The van der Waals surface area contributed by atoms with Crippen LogP contribution in [0.25, 0.3) is 0 Å². The molecule has 1 N–H and O–H groups in total. The summed E-state index contributed by atoms with van der Waals surface area (Å²) < 4.78 is 1.09. The Morgan fingerprint density at radius 3 is 2.37 bits per heavy atom. The topological polar surface area (TPSA) is 49.4 Å². The summed E-state index contributed by atoms with van der Waals surface area (Å²) in [7, 11) is 0. The molecule has 102 valence electrons. The molecule has 0 atom stereocenters. The Hall–Kier alpha value is -1.11. The Labute approximate surface area is 126 Å². The third-order valence-corrected chi connectivity index (χ3v) is 4.09. The van der Waals surface area contributed by atoms with Crippen molar-refractivity contribution in [3.05, 3.63) is 27.8 Å². The minimum absolute atomic E-state index is 0.426. The van der Waals surface area contributed by atoms with Gasteiger partial charge in [-0.25, -0.2) is 0 Å². The van der Waals surface area contributed by atoms with Gasteiger partial charge in [0.1, 0.15) is 0 Å². The highest BCUT2D eigenvalue weighted by Crippen LogP contribution is 2.16. The number of likely N-dealkylation sites (tertiary alicyclic amines) is 1. The molecule has 1 saturated heterocycles. The largest absolute Gasteiger partial charge is 0.334 e. The quantitative estimate of drug-likeness (QED) is 0.608. The molecule has 2 amide bonds. The van der Waals surface area contributed by atoms with E-state index >= 15 is 0 Å². The van der Waals surface area contributed by atoms with Crippen LogP contribution in [0.15, 0.2) is 24.3 Å². The number of nitrogens with zero attached hydrogens (tertiary/aromatic N) is 1. The lowest BCUT2D eigenvalue weighted by atomic mass is 9.99. The summed E-state index contributed by atoms with van der Waals surface area (Å²) >= 11 is 2.19. The first kappa shape index (κ1) is 14.3. The van der Waals surface area contributed by atoms with Crippen LogP contribution >= 0.6 is 22.6 Å². The van der Waals surface area contributed by atoms with Gasteiger partial charge in [0.25, 0.3) is 0 Å². The number of hydrogen-bond acceptors (Lipinski definition) is 2. The van der Waals surface area contributed by atoms with Crippen LogP contribution in [0, 0.1) is 9.49 Å². The number of rotatable bonds is 1. The summed E-state index contributed by atoms with van der Waals surface area (Å²) in [5.41, 5.74) is 0.657. The van der Waals surface area contributed by atoms with Crippen molar-refractivity contribution in [1.82, 2.24) is 4.90 Å². The average molecular weight is 372 g/mol. The highest BCUT2D eigenvalue weighted by Gasteiger charge is 2.25. The van der Waals surface area contributed by atoms with Crippen molar-refractivity contribution in [1.29, 1.82) is 0 Å². The third kappa shape index (κ3) is 3.92. The lowest BCUT2D eigenvalue weighted by Crippen LogP contribution is -2.43. The predicted octanol–water partition coefficient (Wildman–Crippen LogP) is 2.49. The molecule has 1 heterocycles. The highest BCUT2D eigenvalue weighted by molar-refractivity contribution is 14.1. The van der Waals surface area contributed by atoms with Crippen molar-refractivity contribution >= 4 is 40.1 Å². The minimum Gasteiger partial charge on any atom is -0.334 e. The molecule has 1 fully saturated rings. The van der Waals surface area contributed by atoms with Crippen LogP contribution in [0.1, 0.15) is 19.8 Å². The Morgan fingerprint density at radius 2 is 1.79 bits per heavy atom. The molecule has 1 aromatic carbocycles. The van der Waals surface area contributed by atoms with E-state index in [2.05, 4.69) is 34.8 Å². The number of nitrogens with one attached hydrogen (secondary N) is 1. The summed E-state index contributed by atoms with van der Waals surface area (Å²) in [5, 5.41) is 2.64. The average Bonchev–Trinajstić information content (AvgIpc) is 2.41. The fraction of sp³-hybridized carbons (Fsp3) is 0.429. The van der Waals surface area contributed by atoms with Crippen LogP contribution in [0.3, 0.4) is 0 Å². The van der Waals surface area contributed by atoms with Gasteiger partial charge in [0.15, 0.2) is 0 Å². The maximum absolute atomic E-state index is 12.0. The monoisotopic (exact) mass is 372 g/mol. The van der Waals surface area contributed by atoms with E-state index in [1.54, 1.807) is 17.0 Å². The molecule has 0 saturated carbocycles. The number of halogens is 1. The first-order valence-electron chi connectivity index (χ1n) is 6.42. The molecule has 1 aliphatic heterocycles. The molecule has 0 unspecified atom stereocenters. The number of carbonyl (C=O) groups is 2. The molecule has 19 heavy (non-hydrogen) atoms. The zero-order chi connectivity index (χ0) is 13.8. The van der Waals surface area contributed by atoms with Gasteiger partial charge in [-0.2, -0.15) is 0 Å². The standard InChI is InChI=1S/C14H17IN2O2/c1-10-6-8-17(9-7-10)14(19)13(18)16-12-4-2-11(15)3-5-12/h2-5,10H,6-9H2,1H3,(H,16,18). The number of hydrogen-bond donors (Lipinski definition) is 1. The molecule has 0 aliphatic carbocycles. The number of piperidine rings is 1. The molecule has 0 bridgehead atoms. The van der Waals surface area contributed by atoms with E-state index in [1.165, 1.54) is 0 Å². The summed E-state index contributed by atoms with van der Waals surface area (Å²) in [6, 6.07) is 7.38. The van der Waals surface area contributed by atoms with Crippen LogP contribution in [0.4, 0.5) is 5.69 Å². The van der Waals surface area contributed by atoms with E-state index in [-0.39, 0.29) is 0 Å². The number of carbonyl (C=O) groups excluding carboxylic acids is 2. The van der Waals surface area contributed by atoms with Crippen LogP contribution in [0.5, 0.6) is 0 Å². The van der Waals surface area contributed by atoms with Crippen LogP contribution in [-0.2, 0) is 9.59 Å². The van der Waals surface area contributed by atoms with Crippen molar-refractivity contribution in [3.63, 3.8) is 0 Å². The van der Waals surface area contributed by atoms with Crippen LogP contribution < -0.4 is 5.32 Å². The first-order valence-corrected chi connectivity index (χ1v) is 7.50. The van der Waals surface area contributed by atoms with Gasteiger partial charge in [-0.3, -0.25) is 9.59 Å². The zero-order valence-corrected chi connectivity index (χ0v) is 13.0. The Bertz CT molecular complexity index is 465. The molecule has 0 spiro atoms. The van der Waals surface area contributed by atoms with Crippen molar-refractivity contribution < 1.29 is 9.59 Å². The second kappa shape index (κ2) is 6.36. The van der Waals surface area contributed by atoms with Gasteiger partial charge >= 0.3 is 11.8 Å². The lowest BCUT2D eigenvalue weighted by molar-refractivity contribution is -0.144. The van der Waals surface area contributed by atoms with E-state index in [0.29, 0.717) is 24.7 Å². The Kier molecular flexibility index (Phi) is 4.79. The van der Waals surface area contributed by atoms with Gasteiger partial charge in [0.2, 0.25) is 0 Å². The van der Waals surface area contributed by atoms with E-state index < -0.39 is 11.8 Å². The summed E-state index contributed by atoms with van der Waals surface area (Å²) in [6.45, 7) is 3.54. The first-order chi connectivity index (χ1) is 9.06. The van der Waals surface area contributed by atoms with E-state index in [4.69, 9.17) is 0 Å². The predicted molar refractivity (Wildman–Crippen MR) is 82.8 cm³/mol. The molecule has 4 nitrogen and oxygen atoms in total. The molecule has 1 aromatic rings. The van der Waals surface area contributed by atoms with E-state index in [0.717, 1.165) is 16.4 Å². The number of amides is 2.